The van der Waals surface area contributed by atoms with Gasteiger partial charge in [0.2, 0.25) is 4.46 Å². The highest BCUT2D eigenvalue weighted by molar-refractivity contribution is 6.48. The average Bonchev–Trinajstić information content (AvgIpc) is 2.06. The van der Waals surface area contributed by atoms with Crippen LogP contribution in [0.15, 0.2) is 28.2 Å². The van der Waals surface area contributed by atoms with Crippen molar-refractivity contribution in [3.05, 3.63) is 34.5 Å². The molecule has 13 heavy (non-hydrogen) atoms. The maximum atomic E-state index is 5.88. The van der Waals surface area contributed by atoms with Gasteiger partial charge >= 0.3 is 0 Å². The summed E-state index contributed by atoms with van der Waals surface area (Å²) < 4.78 is -1.08. The zero-order chi connectivity index (χ0) is 9.47. The second kappa shape index (κ2) is 2.96. The predicted octanol–water partition coefficient (Wildman–Crippen LogP) is 1.38. The Morgan fingerprint density at radius 2 is 2.15 bits per heavy atom. The molecular formula is C9H8Cl2N2. The summed E-state index contributed by atoms with van der Waals surface area (Å²) in [6.45, 7) is 2.29. The number of hydrogen-bond donors (Lipinski definition) is 0. The van der Waals surface area contributed by atoms with Crippen LogP contribution < -0.4 is 10.7 Å². The van der Waals surface area contributed by atoms with Crippen LogP contribution in [0.3, 0.4) is 0 Å². The summed E-state index contributed by atoms with van der Waals surface area (Å²) in [6, 6.07) is 5.82. The molecule has 1 aromatic carbocycles. The maximum Gasteiger partial charge on any atom is 0.227 e. The van der Waals surface area contributed by atoms with Gasteiger partial charge in [-0.2, -0.15) is 0 Å². The van der Waals surface area contributed by atoms with Gasteiger partial charge in [-0.15, -0.1) is 0 Å². The fraction of sp³-hybridized carbons (Fsp3) is 0.333. The van der Waals surface area contributed by atoms with Crippen LogP contribution in [0.25, 0.3) is 0 Å². The van der Waals surface area contributed by atoms with Crippen LogP contribution in [0.4, 0.5) is 0 Å². The van der Waals surface area contributed by atoms with Crippen LogP contribution in [-0.4, -0.2) is 11.0 Å². The molecule has 0 aromatic heterocycles. The van der Waals surface area contributed by atoms with Crippen LogP contribution in [0, 0.1) is 6.92 Å². The van der Waals surface area contributed by atoms with Gasteiger partial charge in [0.25, 0.3) is 0 Å². The Bertz CT molecular complexity index is 451. The van der Waals surface area contributed by atoms with E-state index in [4.69, 9.17) is 23.2 Å². The largest absolute Gasteiger partial charge is 0.278 e. The second-order valence-corrected chi connectivity index (χ2v) is 4.48. The molecule has 0 unspecified atom stereocenters. The molecule has 2 nitrogen and oxygen atoms in total. The van der Waals surface area contributed by atoms with Crippen molar-refractivity contribution >= 4 is 23.2 Å². The van der Waals surface area contributed by atoms with Gasteiger partial charge in [-0.3, -0.25) is 4.99 Å². The molecule has 0 saturated carbocycles. The van der Waals surface area contributed by atoms with Gasteiger partial charge < -0.3 is 0 Å². The number of rotatable bonds is 0. The van der Waals surface area contributed by atoms with Gasteiger partial charge in [0.15, 0.2) is 0 Å². The first kappa shape index (κ1) is 8.97. The summed E-state index contributed by atoms with van der Waals surface area (Å²) >= 11 is 11.8. The number of halogens is 2. The van der Waals surface area contributed by atoms with E-state index in [0.717, 1.165) is 16.3 Å². The van der Waals surface area contributed by atoms with Crippen LogP contribution in [0.2, 0.25) is 0 Å². The smallest absolute Gasteiger partial charge is 0.227 e. The molecule has 1 aliphatic rings. The zero-order valence-corrected chi connectivity index (χ0v) is 8.60. The van der Waals surface area contributed by atoms with E-state index in [2.05, 4.69) is 9.98 Å². The molecule has 0 spiro atoms. The Kier molecular flexibility index (Phi) is 2.05. The molecule has 2 rings (SSSR count). The van der Waals surface area contributed by atoms with Crippen molar-refractivity contribution in [2.75, 3.05) is 6.54 Å². The third-order valence-electron chi connectivity index (χ3n) is 1.93. The summed E-state index contributed by atoms with van der Waals surface area (Å²) in [5.74, 6) is 0. The van der Waals surface area contributed by atoms with Crippen molar-refractivity contribution in [1.29, 1.82) is 0 Å². The molecule has 0 saturated heterocycles. The van der Waals surface area contributed by atoms with Crippen molar-refractivity contribution < 1.29 is 0 Å². The van der Waals surface area contributed by atoms with Crippen LogP contribution in [0.5, 0.6) is 0 Å². The normalized spacial score (nSPS) is 18.4. The first-order valence-electron chi connectivity index (χ1n) is 3.96. The summed E-state index contributed by atoms with van der Waals surface area (Å²) in [4.78, 5) is 8.46. The summed E-state index contributed by atoms with van der Waals surface area (Å²) in [5.41, 5.74) is 1.05. The molecule has 0 atom stereocenters. The Morgan fingerprint density at radius 1 is 1.38 bits per heavy atom. The Balaban J connectivity index is 2.79. The van der Waals surface area contributed by atoms with E-state index in [1.807, 2.05) is 25.1 Å². The maximum absolute atomic E-state index is 5.88. The van der Waals surface area contributed by atoms with Crippen molar-refractivity contribution in [3.63, 3.8) is 0 Å². The SMILES string of the molecule is Cc1cccc2c1=NC(Cl)(Cl)CN=2. The molecule has 0 radical (unpaired) electrons. The van der Waals surface area contributed by atoms with Gasteiger partial charge in [0.05, 0.1) is 17.3 Å². The summed E-state index contributed by atoms with van der Waals surface area (Å²) in [5, 5.41) is 1.68. The molecule has 0 amide bonds. The average molecular weight is 215 g/mol. The van der Waals surface area contributed by atoms with Crippen molar-refractivity contribution in [1.82, 2.24) is 0 Å². The lowest BCUT2D eigenvalue weighted by Gasteiger charge is -2.15. The molecule has 0 aliphatic carbocycles. The summed E-state index contributed by atoms with van der Waals surface area (Å²) in [6.07, 6.45) is 0. The van der Waals surface area contributed by atoms with E-state index in [1.165, 1.54) is 0 Å². The fourth-order valence-electron chi connectivity index (χ4n) is 1.30. The van der Waals surface area contributed by atoms with E-state index < -0.39 is 4.46 Å². The lowest BCUT2D eigenvalue weighted by atomic mass is 10.2. The number of fused-ring (bicyclic) bond motifs is 1. The minimum absolute atomic E-state index is 0.326. The number of aryl methyl sites for hydroxylation is 1. The van der Waals surface area contributed by atoms with Gasteiger partial charge in [-0.25, -0.2) is 4.99 Å². The summed E-state index contributed by atoms with van der Waals surface area (Å²) in [7, 11) is 0. The van der Waals surface area contributed by atoms with Gasteiger partial charge in [-0.1, -0.05) is 35.3 Å². The Hall–Kier alpha value is -0.600. The Labute approximate surface area is 85.9 Å². The molecule has 0 bridgehead atoms. The molecule has 4 heteroatoms. The van der Waals surface area contributed by atoms with Crippen molar-refractivity contribution in [2.24, 2.45) is 9.98 Å². The first-order valence-corrected chi connectivity index (χ1v) is 4.72. The van der Waals surface area contributed by atoms with Crippen molar-refractivity contribution in [2.45, 2.75) is 11.4 Å². The zero-order valence-electron chi connectivity index (χ0n) is 7.09. The van der Waals surface area contributed by atoms with Crippen LogP contribution in [0.1, 0.15) is 5.56 Å². The number of para-hydroxylation sites is 1. The third kappa shape index (κ3) is 1.69. The number of benzene rings is 1. The standard InChI is InChI=1S/C9H8Cl2N2/c1-6-3-2-4-7-8(6)13-9(10,11)5-12-7/h2-4H,5H2,1H3. The van der Waals surface area contributed by atoms with E-state index >= 15 is 0 Å². The molecule has 0 N–H and O–H groups in total. The predicted molar refractivity (Wildman–Crippen MR) is 52.8 cm³/mol. The highest BCUT2D eigenvalue weighted by Crippen LogP contribution is 2.22. The lowest BCUT2D eigenvalue weighted by molar-refractivity contribution is 0.746. The minimum atomic E-state index is -1.08. The minimum Gasteiger partial charge on any atom is -0.278 e. The number of hydrogen-bond acceptors (Lipinski definition) is 2. The molecule has 1 aliphatic heterocycles. The van der Waals surface area contributed by atoms with Crippen molar-refractivity contribution in [3.8, 4) is 0 Å². The van der Waals surface area contributed by atoms with Gasteiger partial charge in [-0.05, 0) is 18.6 Å². The molecular weight excluding hydrogens is 207 g/mol. The third-order valence-corrected chi connectivity index (χ3v) is 2.34. The lowest BCUT2D eigenvalue weighted by Crippen LogP contribution is -2.37. The van der Waals surface area contributed by atoms with E-state index in [9.17, 15) is 0 Å². The van der Waals surface area contributed by atoms with Crippen LogP contribution in [-0.2, 0) is 0 Å². The fourth-order valence-corrected chi connectivity index (χ4v) is 1.58. The highest BCUT2D eigenvalue weighted by atomic mass is 35.5. The van der Waals surface area contributed by atoms with Crippen LogP contribution >= 0.6 is 23.2 Å². The molecule has 1 aromatic rings. The highest BCUT2D eigenvalue weighted by Gasteiger charge is 2.23. The van der Waals surface area contributed by atoms with E-state index in [-0.39, 0.29) is 0 Å². The van der Waals surface area contributed by atoms with E-state index in [0.29, 0.717) is 6.54 Å². The Morgan fingerprint density at radius 3 is 2.92 bits per heavy atom. The topological polar surface area (TPSA) is 24.7 Å². The molecule has 0 fully saturated rings. The quantitative estimate of drug-likeness (QED) is 0.461. The molecule has 1 heterocycles. The van der Waals surface area contributed by atoms with Gasteiger partial charge in [0, 0.05) is 0 Å². The monoisotopic (exact) mass is 214 g/mol. The van der Waals surface area contributed by atoms with Gasteiger partial charge in [0.1, 0.15) is 0 Å². The first-order chi connectivity index (χ1) is 6.08. The second-order valence-electron chi connectivity index (χ2n) is 3.04. The molecule has 68 valence electrons. The number of alkyl halides is 2. The van der Waals surface area contributed by atoms with E-state index in [1.54, 1.807) is 0 Å². The number of nitrogens with zero attached hydrogens (tertiary/aromatic N) is 2.